The molecule has 108 valence electrons. The van der Waals surface area contributed by atoms with Crippen LogP contribution in [0.3, 0.4) is 0 Å². The number of hydrogen-bond donors (Lipinski definition) is 2. The van der Waals surface area contributed by atoms with E-state index >= 15 is 0 Å². The number of halogens is 1. The van der Waals surface area contributed by atoms with E-state index in [1.54, 1.807) is 31.6 Å². The monoisotopic (exact) mass is 287 g/mol. The van der Waals surface area contributed by atoms with Gasteiger partial charge in [0, 0.05) is 23.9 Å². The number of hydrogen-bond acceptors (Lipinski definition) is 5. The van der Waals surface area contributed by atoms with Crippen molar-refractivity contribution in [2.75, 3.05) is 0 Å². The molecule has 1 atom stereocenters. The Balaban J connectivity index is 1.80. The van der Waals surface area contributed by atoms with E-state index in [1.165, 1.54) is 6.07 Å². The summed E-state index contributed by atoms with van der Waals surface area (Å²) >= 11 is 0. The van der Waals surface area contributed by atoms with Crippen molar-refractivity contribution < 1.29 is 8.91 Å². The predicted molar refractivity (Wildman–Crippen MR) is 73.6 cm³/mol. The van der Waals surface area contributed by atoms with Crippen LogP contribution >= 0.6 is 0 Å². The number of nitrogens with two attached hydrogens (primary N) is 1. The molecule has 2 heterocycles. The van der Waals surface area contributed by atoms with Crippen LogP contribution in [0.4, 0.5) is 4.39 Å². The van der Waals surface area contributed by atoms with Crippen molar-refractivity contribution in [2.24, 2.45) is 5.73 Å². The van der Waals surface area contributed by atoms with Crippen molar-refractivity contribution >= 4 is 0 Å². The number of benzene rings is 1. The third-order valence-corrected chi connectivity index (χ3v) is 3.17. The van der Waals surface area contributed by atoms with Gasteiger partial charge in [-0.2, -0.15) is 4.98 Å². The zero-order chi connectivity index (χ0) is 14.8. The lowest BCUT2D eigenvalue weighted by atomic mass is 10.1. The maximum atomic E-state index is 13.3. The molecule has 0 amide bonds. The van der Waals surface area contributed by atoms with Gasteiger partial charge in [-0.3, -0.25) is 0 Å². The highest BCUT2D eigenvalue weighted by Gasteiger charge is 2.17. The molecule has 0 aliphatic heterocycles. The molecule has 6 nitrogen and oxygen atoms in total. The average molecular weight is 287 g/mol. The molecular formula is C14H14FN5O. The first kappa shape index (κ1) is 13.4. The van der Waals surface area contributed by atoms with E-state index in [9.17, 15) is 4.39 Å². The Bertz CT molecular complexity index is 738. The molecule has 3 aromatic rings. The lowest BCUT2D eigenvalue weighted by Crippen LogP contribution is -2.14. The lowest BCUT2D eigenvalue weighted by Gasteiger charge is -2.03. The van der Waals surface area contributed by atoms with Crippen LogP contribution in [-0.4, -0.2) is 20.1 Å². The third-order valence-electron chi connectivity index (χ3n) is 3.17. The summed E-state index contributed by atoms with van der Waals surface area (Å²) in [5.74, 6) is 0.466. The smallest absolute Gasteiger partial charge is 0.244 e. The topological polar surface area (TPSA) is 93.6 Å². The van der Waals surface area contributed by atoms with Gasteiger partial charge in [0.05, 0.1) is 12.4 Å². The van der Waals surface area contributed by atoms with Gasteiger partial charge in [-0.1, -0.05) is 5.16 Å². The Morgan fingerprint density at radius 3 is 3.00 bits per heavy atom. The van der Waals surface area contributed by atoms with E-state index < -0.39 is 6.04 Å². The number of aromatic nitrogens is 4. The van der Waals surface area contributed by atoms with E-state index in [2.05, 4.69) is 20.1 Å². The van der Waals surface area contributed by atoms with E-state index in [0.29, 0.717) is 29.3 Å². The zero-order valence-electron chi connectivity index (χ0n) is 11.4. The van der Waals surface area contributed by atoms with Crippen LogP contribution in [0, 0.1) is 12.7 Å². The van der Waals surface area contributed by atoms with Crippen molar-refractivity contribution in [1.29, 1.82) is 0 Å². The second-order valence-corrected chi connectivity index (χ2v) is 4.81. The normalized spacial score (nSPS) is 12.5. The van der Waals surface area contributed by atoms with Crippen molar-refractivity contribution in [3.63, 3.8) is 0 Å². The van der Waals surface area contributed by atoms with Crippen LogP contribution in [-0.2, 0) is 6.42 Å². The minimum atomic E-state index is -0.423. The summed E-state index contributed by atoms with van der Waals surface area (Å²) in [6, 6.07) is 4.24. The highest BCUT2D eigenvalue weighted by molar-refractivity contribution is 5.55. The number of rotatable bonds is 4. The van der Waals surface area contributed by atoms with Crippen LogP contribution in [0.5, 0.6) is 0 Å². The summed E-state index contributed by atoms with van der Waals surface area (Å²) in [5, 5.41) is 3.89. The number of nitrogens with one attached hydrogen (secondary N) is 1. The highest BCUT2D eigenvalue weighted by atomic mass is 19.1. The van der Waals surface area contributed by atoms with Gasteiger partial charge in [0.25, 0.3) is 0 Å². The Morgan fingerprint density at radius 2 is 2.29 bits per heavy atom. The maximum absolute atomic E-state index is 13.3. The number of nitrogens with zero attached hydrogens (tertiary/aromatic N) is 3. The minimum Gasteiger partial charge on any atom is -0.348 e. The first-order chi connectivity index (χ1) is 10.1. The fraction of sp³-hybridized carbons (Fsp3) is 0.214. The molecule has 2 aromatic heterocycles. The van der Waals surface area contributed by atoms with E-state index in [-0.39, 0.29) is 5.82 Å². The molecule has 7 heteroatoms. The Labute approximate surface area is 120 Å². The molecule has 0 fully saturated rings. The summed E-state index contributed by atoms with van der Waals surface area (Å²) in [5.41, 5.74) is 8.14. The molecule has 0 aliphatic carbocycles. The molecule has 0 aliphatic rings. The van der Waals surface area contributed by atoms with Crippen molar-refractivity contribution in [1.82, 2.24) is 20.1 Å². The third kappa shape index (κ3) is 2.82. The second kappa shape index (κ2) is 5.45. The Morgan fingerprint density at radius 1 is 1.43 bits per heavy atom. The van der Waals surface area contributed by atoms with Gasteiger partial charge in [-0.25, -0.2) is 9.37 Å². The number of H-pyrrole nitrogens is 1. The molecule has 1 aromatic carbocycles. The molecule has 0 radical (unpaired) electrons. The van der Waals surface area contributed by atoms with Gasteiger partial charge in [0.2, 0.25) is 11.7 Å². The van der Waals surface area contributed by atoms with E-state index in [0.717, 1.165) is 5.69 Å². The molecule has 3 rings (SSSR count). The first-order valence-electron chi connectivity index (χ1n) is 6.46. The molecule has 0 unspecified atom stereocenters. The summed E-state index contributed by atoms with van der Waals surface area (Å²) < 4.78 is 18.5. The quantitative estimate of drug-likeness (QED) is 0.766. The Hall–Kier alpha value is -2.54. The largest absolute Gasteiger partial charge is 0.348 e. The molecule has 0 bridgehead atoms. The molecule has 0 saturated heterocycles. The molecule has 3 N–H and O–H groups in total. The zero-order valence-corrected chi connectivity index (χ0v) is 11.4. The fourth-order valence-electron chi connectivity index (χ4n) is 2.01. The van der Waals surface area contributed by atoms with Crippen molar-refractivity contribution in [2.45, 2.75) is 19.4 Å². The average Bonchev–Trinajstić information content (AvgIpc) is 3.12. The highest BCUT2D eigenvalue weighted by Crippen LogP contribution is 2.21. The Kier molecular flexibility index (Phi) is 3.49. The molecule has 0 saturated carbocycles. The molecule has 0 spiro atoms. The number of aromatic amines is 1. The van der Waals surface area contributed by atoms with Crippen LogP contribution in [0.15, 0.2) is 35.2 Å². The van der Waals surface area contributed by atoms with Crippen LogP contribution < -0.4 is 5.73 Å². The van der Waals surface area contributed by atoms with Gasteiger partial charge in [0.15, 0.2) is 0 Å². The summed E-state index contributed by atoms with van der Waals surface area (Å²) in [6.45, 7) is 1.68. The van der Waals surface area contributed by atoms with Gasteiger partial charge < -0.3 is 15.2 Å². The second-order valence-electron chi connectivity index (χ2n) is 4.81. The van der Waals surface area contributed by atoms with Gasteiger partial charge in [-0.15, -0.1) is 0 Å². The van der Waals surface area contributed by atoms with E-state index in [4.69, 9.17) is 10.3 Å². The molecule has 21 heavy (non-hydrogen) atoms. The summed E-state index contributed by atoms with van der Waals surface area (Å²) in [6.07, 6.45) is 3.80. The predicted octanol–water partition coefficient (Wildman–Crippen LogP) is 2.15. The van der Waals surface area contributed by atoms with Crippen molar-refractivity contribution in [3.05, 3.63) is 53.7 Å². The standard InChI is InChI=1S/C14H14FN5O/c1-8-4-9(2-3-11(8)15)13-19-14(21-20-13)12(16)5-10-6-17-7-18-10/h2-4,6-7,12H,5,16H2,1H3,(H,17,18)/t12-/m0/s1. The van der Waals surface area contributed by atoms with Crippen LogP contribution in [0.25, 0.3) is 11.4 Å². The van der Waals surface area contributed by atoms with Gasteiger partial charge >= 0.3 is 0 Å². The first-order valence-corrected chi connectivity index (χ1v) is 6.46. The maximum Gasteiger partial charge on any atom is 0.244 e. The summed E-state index contributed by atoms with van der Waals surface area (Å²) in [4.78, 5) is 11.2. The minimum absolute atomic E-state index is 0.265. The van der Waals surface area contributed by atoms with Crippen LogP contribution in [0.2, 0.25) is 0 Å². The molecular weight excluding hydrogens is 273 g/mol. The number of imidazole rings is 1. The van der Waals surface area contributed by atoms with Gasteiger partial charge in [0.1, 0.15) is 5.82 Å². The SMILES string of the molecule is Cc1cc(-c2noc([C@@H](N)Cc3cnc[nH]3)n2)ccc1F. The lowest BCUT2D eigenvalue weighted by molar-refractivity contribution is 0.354. The van der Waals surface area contributed by atoms with Gasteiger partial charge in [-0.05, 0) is 30.7 Å². The van der Waals surface area contributed by atoms with Crippen LogP contribution in [0.1, 0.15) is 23.2 Å². The van der Waals surface area contributed by atoms with Crippen molar-refractivity contribution in [3.8, 4) is 11.4 Å². The fourth-order valence-corrected chi connectivity index (χ4v) is 2.01. The number of aryl methyl sites for hydroxylation is 1. The van der Waals surface area contributed by atoms with E-state index in [1.807, 2.05) is 0 Å². The summed E-state index contributed by atoms with van der Waals surface area (Å²) in [7, 11) is 0.